The largest absolute Gasteiger partial charge is 0.493 e. The number of rotatable bonds is 7. The zero-order chi connectivity index (χ0) is 14.4. The topological polar surface area (TPSA) is 68.7 Å². The fourth-order valence-electron chi connectivity index (χ4n) is 1.90. The van der Waals surface area contributed by atoms with Gasteiger partial charge in [-0.1, -0.05) is 6.07 Å². The van der Waals surface area contributed by atoms with Crippen molar-refractivity contribution in [3.8, 4) is 5.75 Å². The Bertz CT molecular complexity index is 585. The molecule has 2 rings (SSSR count). The van der Waals surface area contributed by atoms with Crippen LogP contribution in [-0.2, 0) is 9.53 Å². The number of carboxylic acid groups (broad SMARTS) is 1. The third-order valence-corrected chi connectivity index (χ3v) is 2.87. The van der Waals surface area contributed by atoms with Gasteiger partial charge in [0.15, 0.2) is 6.10 Å². The Kier molecular flexibility index (Phi) is 4.90. The van der Waals surface area contributed by atoms with Crippen molar-refractivity contribution < 1.29 is 19.4 Å². The lowest BCUT2D eigenvalue weighted by atomic mass is 10.2. The van der Waals surface area contributed by atoms with Gasteiger partial charge in [0.2, 0.25) is 0 Å². The normalized spacial score (nSPS) is 12.2. The lowest BCUT2D eigenvalue weighted by Gasteiger charge is -2.13. The molecule has 20 heavy (non-hydrogen) atoms. The second kappa shape index (κ2) is 6.86. The number of nitrogens with zero attached hydrogens (tertiary/aromatic N) is 1. The molecule has 5 nitrogen and oxygen atoms in total. The molecule has 0 bridgehead atoms. The quantitative estimate of drug-likeness (QED) is 0.840. The molecular formula is C15H17NO4. The number of benzene rings is 1. The van der Waals surface area contributed by atoms with Crippen LogP contribution in [0.25, 0.3) is 10.9 Å². The number of carboxylic acids is 1. The van der Waals surface area contributed by atoms with E-state index in [1.165, 1.54) is 0 Å². The van der Waals surface area contributed by atoms with Gasteiger partial charge in [-0.05, 0) is 25.1 Å². The summed E-state index contributed by atoms with van der Waals surface area (Å²) in [6.45, 7) is 2.43. The molecule has 106 valence electrons. The lowest BCUT2D eigenvalue weighted by Crippen LogP contribution is -2.26. The van der Waals surface area contributed by atoms with Crippen LogP contribution >= 0.6 is 0 Å². The number of carbonyl (C=O) groups is 1. The molecule has 5 heteroatoms. The summed E-state index contributed by atoms with van der Waals surface area (Å²) in [7, 11) is 0. The van der Waals surface area contributed by atoms with Crippen molar-refractivity contribution >= 4 is 16.9 Å². The SMILES string of the molecule is CCOC(CCOc1ccc2cccnc2c1)C(=O)O. The molecule has 0 saturated carbocycles. The van der Waals surface area contributed by atoms with Gasteiger partial charge in [-0.15, -0.1) is 0 Å². The molecule has 0 fully saturated rings. The van der Waals surface area contributed by atoms with Crippen LogP contribution in [0.5, 0.6) is 5.75 Å². The van der Waals surface area contributed by atoms with Crippen LogP contribution in [0.3, 0.4) is 0 Å². The van der Waals surface area contributed by atoms with Gasteiger partial charge in [0.05, 0.1) is 12.1 Å². The van der Waals surface area contributed by atoms with E-state index < -0.39 is 12.1 Å². The predicted molar refractivity (Wildman–Crippen MR) is 74.9 cm³/mol. The number of hydrogen-bond acceptors (Lipinski definition) is 4. The van der Waals surface area contributed by atoms with Crippen LogP contribution in [0, 0.1) is 0 Å². The Morgan fingerprint density at radius 2 is 2.25 bits per heavy atom. The van der Waals surface area contributed by atoms with E-state index in [1.54, 1.807) is 13.1 Å². The number of ether oxygens (including phenoxy) is 2. The Labute approximate surface area is 117 Å². The minimum atomic E-state index is -0.962. The highest BCUT2D eigenvalue weighted by Gasteiger charge is 2.17. The Balaban J connectivity index is 1.93. The molecule has 1 unspecified atom stereocenters. The average Bonchev–Trinajstić information content (AvgIpc) is 2.46. The average molecular weight is 275 g/mol. The van der Waals surface area contributed by atoms with Crippen LogP contribution in [0.15, 0.2) is 36.5 Å². The molecule has 0 aliphatic heterocycles. The van der Waals surface area contributed by atoms with Crippen molar-refractivity contribution in [3.05, 3.63) is 36.5 Å². The van der Waals surface area contributed by atoms with Crippen molar-refractivity contribution in [2.24, 2.45) is 0 Å². The van der Waals surface area contributed by atoms with Gasteiger partial charge < -0.3 is 14.6 Å². The van der Waals surface area contributed by atoms with Gasteiger partial charge in [0.25, 0.3) is 0 Å². The molecular weight excluding hydrogens is 258 g/mol. The third-order valence-electron chi connectivity index (χ3n) is 2.87. The van der Waals surface area contributed by atoms with Crippen LogP contribution in [0.4, 0.5) is 0 Å². The predicted octanol–water partition coefficient (Wildman–Crippen LogP) is 2.49. The molecule has 1 aromatic carbocycles. The highest BCUT2D eigenvalue weighted by molar-refractivity contribution is 5.79. The van der Waals surface area contributed by atoms with Crippen molar-refractivity contribution in [3.63, 3.8) is 0 Å². The lowest BCUT2D eigenvalue weighted by molar-refractivity contribution is -0.150. The molecule has 1 N–H and O–H groups in total. The minimum absolute atomic E-state index is 0.287. The third kappa shape index (κ3) is 3.68. The van der Waals surface area contributed by atoms with Gasteiger partial charge in [-0.3, -0.25) is 4.98 Å². The zero-order valence-electron chi connectivity index (χ0n) is 11.3. The Hall–Kier alpha value is -2.14. The zero-order valence-corrected chi connectivity index (χ0v) is 11.3. The fourth-order valence-corrected chi connectivity index (χ4v) is 1.90. The smallest absolute Gasteiger partial charge is 0.332 e. The maximum absolute atomic E-state index is 10.9. The van der Waals surface area contributed by atoms with Crippen LogP contribution in [-0.4, -0.2) is 35.4 Å². The molecule has 1 atom stereocenters. The highest BCUT2D eigenvalue weighted by Crippen LogP contribution is 2.19. The van der Waals surface area contributed by atoms with E-state index in [9.17, 15) is 4.79 Å². The molecule has 0 saturated heterocycles. The second-order valence-corrected chi connectivity index (χ2v) is 4.28. The van der Waals surface area contributed by atoms with Crippen LogP contribution in [0.1, 0.15) is 13.3 Å². The van der Waals surface area contributed by atoms with Crippen molar-refractivity contribution in [1.82, 2.24) is 4.98 Å². The van der Waals surface area contributed by atoms with Gasteiger partial charge in [0, 0.05) is 30.7 Å². The molecule has 0 spiro atoms. The van der Waals surface area contributed by atoms with E-state index >= 15 is 0 Å². The molecule has 0 aliphatic carbocycles. The van der Waals surface area contributed by atoms with Crippen LogP contribution < -0.4 is 4.74 Å². The summed E-state index contributed by atoms with van der Waals surface area (Å²) in [5.41, 5.74) is 0.851. The van der Waals surface area contributed by atoms with E-state index in [-0.39, 0.29) is 6.61 Å². The Morgan fingerprint density at radius 1 is 1.40 bits per heavy atom. The first kappa shape index (κ1) is 14.3. The van der Waals surface area contributed by atoms with Crippen LogP contribution in [0.2, 0.25) is 0 Å². The fraction of sp³-hybridized carbons (Fsp3) is 0.333. The molecule has 0 amide bonds. The number of aromatic nitrogens is 1. The molecule has 0 radical (unpaired) electrons. The number of fused-ring (bicyclic) bond motifs is 1. The van der Waals surface area contributed by atoms with E-state index in [0.717, 1.165) is 10.9 Å². The first-order valence-corrected chi connectivity index (χ1v) is 6.52. The Morgan fingerprint density at radius 3 is 3.00 bits per heavy atom. The minimum Gasteiger partial charge on any atom is -0.493 e. The first-order valence-electron chi connectivity index (χ1n) is 6.52. The molecule has 2 aromatic rings. The maximum Gasteiger partial charge on any atom is 0.332 e. The van der Waals surface area contributed by atoms with E-state index in [1.807, 2.05) is 30.3 Å². The summed E-state index contributed by atoms with van der Waals surface area (Å²) in [5, 5.41) is 9.99. The van der Waals surface area contributed by atoms with Crippen molar-refractivity contribution in [1.29, 1.82) is 0 Å². The summed E-state index contributed by atoms with van der Waals surface area (Å²) < 4.78 is 10.7. The number of pyridine rings is 1. The van der Waals surface area contributed by atoms with Crippen molar-refractivity contribution in [2.75, 3.05) is 13.2 Å². The van der Waals surface area contributed by atoms with E-state index in [0.29, 0.717) is 18.8 Å². The molecule has 0 aliphatic rings. The summed E-state index contributed by atoms with van der Waals surface area (Å²) >= 11 is 0. The summed E-state index contributed by atoms with van der Waals surface area (Å²) in [5.74, 6) is -0.285. The second-order valence-electron chi connectivity index (χ2n) is 4.28. The maximum atomic E-state index is 10.9. The molecule has 1 heterocycles. The summed E-state index contributed by atoms with van der Waals surface area (Å²) in [4.78, 5) is 15.2. The first-order chi connectivity index (χ1) is 9.70. The summed E-state index contributed by atoms with van der Waals surface area (Å²) in [6.07, 6.45) is 1.21. The number of aliphatic carboxylic acids is 1. The van der Waals surface area contributed by atoms with Gasteiger partial charge in [-0.25, -0.2) is 4.79 Å². The van der Waals surface area contributed by atoms with Gasteiger partial charge >= 0.3 is 5.97 Å². The van der Waals surface area contributed by atoms with Gasteiger partial charge in [0.1, 0.15) is 5.75 Å². The van der Waals surface area contributed by atoms with Crippen molar-refractivity contribution in [2.45, 2.75) is 19.4 Å². The monoisotopic (exact) mass is 275 g/mol. The summed E-state index contributed by atoms with van der Waals surface area (Å²) in [6, 6.07) is 9.46. The van der Waals surface area contributed by atoms with Gasteiger partial charge in [-0.2, -0.15) is 0 Å². The molecule has 1 aromatic heterocycles. The number of hydrogen-bond donors (Lipinski definition) is 1. The highest BCUT2D eigenvalue weighted by atomic mass is 16.5. The standard InChI is InChI=1S/C15H17NO4/c1-2-19-14(15(17)18)7-9-20-12-6-5-11-4-3-8-16-13(11)10-12/h3-6,8,10,14H,2,7,9H2,1H3,(H,17,18). The van der Waals surface area contributed by atoms with E-state index in [4.69, 9.17) is 14.6 Å². The van der Waals surface area contributed by atoms with E-state index in [2.05, 4.69) is 4.98 Å².